The summed E-state index contributed by atoms with van der Waals surface area (Å²) in [5.41, 5.74) is 1.90. The van der Waals surface area contributed by atoms with E-state index in [9.17, 15) is 13.2 Å². The van der Waals surface area contributed by atoms with Crippen LogP contribution >= 0.6 is 0 Å². The van der Waals surface area contributed by atoms with Crippen molar-refractivity contribution in [3.63, 3.8) is 0 Å². The molecule has 3 atom stereocenters. The molecule has 0 radical (unpaired) electrons. The molecule has 1 aliphatic rings. The molecule has 1 saturated carbocycles. The number of benzene rings is 2. The minimum absolute atomic E-state index is 0.0299. The first-order valence-corrected chi connectivity index (χ1v) is 13.9. The lowest BCUT2D eigenvalue weighted by molar-refractivity contribution is -0.274. The molecule has 0 saturated heterocycles. The van der Waals surface area contributed by atoms with Crippen molar-refractivity contribution in [2.24, 2.45) is 22.4 Å². The van der Waals surface area contributed by atoms with Crippen LogP contribution in [0.15, 0.2) is 72.4 Å². The van der Waals surface area contributed by atoms with E-state index in [1.807, 2.05) is 29.8 Å². The summed E-state index contributed by atoms with van der Waals surface area (Å²) in [4.78, 5) is 9.75. The van der Waals surface area contributed by atoms with Gasteiger partial charge in [0.1, 0.15) is 30.8 Å². The first-order valence-electron chi connectivity index (χ1n) is 13.9. The second-order valence-corrected chi connectivity index (χ2v) is 10.4. The van der Waals surface area contributed by atoms with E-state index < -0.39 is 6.36 Å². The summed E-state index contributed by atoms with van der Waals surface area (Å²) in [5, 5.41) is 9.00. The first-order chi connectivity index (χ1) is 19.8. The van der Waals surface area contributed by atoms with Gasteiger partial charge in [-0.15, -0.1) is 13.2 Å². The highest BCUT2D eigenvalue weighted by molar-refractivity contribution is 5.92. The average molecular weight is 575 g/mol. The number of alkyl halides is 3. The Balaban J connectivity index is 1.42. The summed E-state index contributed by atoms with van der Waals surface area (Å²) in [6, 6.07) is 15.5. The van der Waals surface area contributed by atoms with Crippen LogP contribution in [0.5, 0.6) is 11.5 Å². The van der Waals surface area contributed by atoms with E-state index in [2.05, 4.69) is 39.0 Å². The van der Waals surface area contributed by atoms with Crippen molar-refractivity contribution < 1.29 is 32.2 Å². The lowest BCUT2D eigenvalue weighted by Gasteiger charge is -2.43. The van der Waals surface area contributed by atoms with Crippen molar-refractivity contribution in [3.8, 4) is 11.5 Å². The van der Waals surface area contributed by atoms with Crippen LogP contribution in [0.2, 0.25) is 0 Å². The maximum atomic E-state index is 12.5. The van der Waals surface area contributed by atoms with Crippen molar-refractivity contribution in [1.82, 2.24) is 14.8 Å². The first kappa shape index (κ1) is 30.4. The van der Waals surface area contributed by atoms with Gasteiger partial charge in [0.2, 0.25) is 0 Å². The molecule has 41 heavy (non-hydrogen) atoms. The van der Waals surface area contributed by atoms with Gasteiger partial charge in [-0.1, -0.05) is 42.4 Å². The van der Waals surface area contributed by atoms with E-state index in [1.54, 1.807) is 6.33 Å². The second kappa shape index (κ2) is 14.3. The van der Waals surface area contributed by atoms with Crippen LogP contribution in [0.25, 0.3) is 0 Å². The van der Waals surface area contributed by atoms with E-state index >= 15 is 0 Å². The van der Waals surface area contributed by atoms with Crippen LogP contribution < -0.4 is 9.47 Å². The molecule has 0 amide bonds. The lowest BCUT2D eigenvalue weighted by atomic mass is 9.62. The van der Waals surface area contributed by atoms with Gasteiger partial charge in [-0.05, 0) is 68.4 Å². The predicted octanol–water partition coefficient (Wildman–Crippen LogP) is 6.68. The summed E-state index contributed by atoms with van der Waals surface area (Å²) in [7, 11) is 0. The van der Waals surface area contributed by atoms with E-state index in [1.165, 1.54) is 30.6 Å². The molecule has 2 aromatic carbocycles. The standard InChI is InChI=1S/C30H37F3N4O4/c1-3-40-36-28-27(19-37-22-34-21-35-37)24(14-17-39-25-9-11-26(12-10-25)41-30(31,32)33)13-15-29(28,2)16-18-38-20-23-7-5-4-6-8-23/h4-12,21-22,24,27H,3,13-20H2,1-2H3/t24-,27+,29+/m1/s1. The Kier molecular flexibility index (Phi) is 10.6. The molecule has 0 spiro atoms. The Morgan fingerprint density at radius 2 is 1.80 bits per heavy atom. The van der Waals surface area contributed by atoms with Gasteiger partial charge in [-0.2, -0.15) is 5.10 Å². The highest BCUT2D eigenvalue weighted by Crippen LogP contribution is 2.44. The Morgan fingerprint density at radius 1 is 1.05 bits per heavy atom. The van der Waals surface area contributed by atoms with Gasteiger partial charge in [-0.3, -0.25) is 4.68 Å². The number of oxime groups is 1. The van der Waals surface area contributed by atoms with Crippen LogP contribution in [-0.2, 0) is 22.7 Å². The van der Waals surface area contributed by atoms with Crippen molar-refractivity contribution >= 4 is 5.71 Å². The number of ether oxygens (including phenoxy) is 3. The van der Waals surface area contributed by atoms with Crippen molar-refractivity contribution in [3.05, 3.63) is 72.8 Å². The molecule has 0 unspecified atom stereocenters. The molecule has 4 rings (SSSR count). The third-order valence-electron chi connectivity index (χ3n) is 7.47. The topological polar surface area (TPSA) is 80.0 Å². The van der Waals surface area contributed by atoms with Gasteiger partial charge in [0.25, 0.3) is 0 Å². The fourth-order valence-corrected chi connectivity index (χ4v) is 5.31. The summed E-state index contributed by atoms with van der Waals surface area (Å²) in [6.45, 7) is 6.74. The van der Waals surface area contributed by atoms with E-state index in [0.29, 0.717) is 38.7 Å². The molecule has 1 aromatic heterocycles. The average Bonchev–Trinajstić information content (AvgIpc) is 3.46. The quantitative estimate of drug-likeness (QED) is 0.158. The lowest BCUT2D eigenvalue weighted by Crippen LogP contribution is -2.45. The maximum absolute atomic E-state index is 12.5. The molecule has 0 aliphatic heterocycles. The Bertz CT molecular complexity index is 1210. The largest absolute Gasteiger partial charge is 0.573 e. The number of rotatable bonds is 14. The molecule has 1 heterocycles. The van der Waals surface area contributed by atoms with Crippen LogP contribution in [0.3, 0.4) is 0 Å². The third kappa shape index (κ3) is 9.21. The fourth-order valence-electron chi connectivity index (χ4n) is 5.31. The van der Waals surface area contributed by atoms with Gasteiger partial charge in [-0.25, -0.2) is 4.98 Å². The van der Waals surface area contributed by atoms with E-state index in [0.717, 1.165) is 37.0 Å². The number of hydrogen-bond acceptors (Lipinski definition) is 7. The highest BCUT2D eigenvalue weighted by Gasteiger charge is 2.44. The SMILES string of the molecule is CCON=C1[C@@H](Cn2cncn2)[C@@H](CCOc2ccc(OC(F)(F)F)cc2)CC[C@@]1(C)CCOCc1ccccc1. The van der Waals surface area contributed by atoms with Crippen LogP contribution in [0.4, 0.5) is 13.2 Å². The summed E-state index contributed by atoms with van der Waals surface area (Å²) in [5.74, 6) is 0.451. The maximum Gasteiger partial charge on any atom is 0.573 e. The van der Waals surface area contributed by atoms with Crippen LogP contribution in [-0.4, -0.2) is 46.7 Å². The van der Waals surface area contributed by atoms with Gasteiger partial charge in [0.05, 0.1) is 25.5 Å². The summed E-state index contributed by atoms with van der Waals surface area (Å²) >= 11 is 0. The normalized spacial score (nSPS) is 22.0. The molecule has 8 nitrogen and oxygen atoms in total. The monoisotopic (exact) mass is 574 g/mol. The molecular weight excluding hydrogens is 537 g/mol. The van der Waals surface area contributed by atoms with Crippen molar-refractivity contribution in [2.45, 2.75) is 59.0 Å². The number of aromatic nitrogens is 3. The molecular formula is C30H37F3N4O4. The number of nitrogens with zero attached hydrogens (tertiary/aromatic N) is 4. The van der Waals surface area contributed by atoms with Gasteiger partial charge in [0, 0.05) is 17.9 Å². The minimum Gasteiger partial charge on any atom is -0.494 e. The molecule has 3 aromatic rings. The molecule has 0 N–H and O–H groups in total. The molecule has 1 aliphatic carbocycles. The zero-order chi connectivity index (χ0) is 29.1. The second-order valence-electron chi connectivity index (χ2n) is 10.4. The summed E-state index contributed by atoms with van der Waals surface area (Å²) < 4.78 is 55.1. The smallest absolute Gasteiger partial charge is 0.494 e. The summed E-state index contributed by atoms with van der Waals surface area (Å²) in [6.07, 6.45) is 1.87. The Labute approximate surface area is 238 Å². The third-order valence-corrected chi connectivity index (χ3v) is 7.47. The molecule has 11 heteroatoms. The van der Waals surface area contributed by atoms with Gasteiger partial charge in [0.15, 0.2) is 0 Å². The van der Waals surface area contributed by atoms with Gasteiger partial charge < -0.3 is 19.0 Å². The van der Waals surface area contributed by atoms with Crippen LogP contribution in [0.1, 0.15) is 45.1 Å². The molecule has 1 fully saturated rings. The minimum atomic E-state index is -4.73. The highest BCUT2D eigenvalue weighted by atomic mass is 19.4. The van der Waals surface area contributed by atoms with E-state index in [-0.39, 0.29) is 23.0 Å². The van der Waals surface area contributed by atoms with E-state index in [4.69, 9.17) is 14.3 Å². The zero-order valence-corrected chi connectivity index (χ0v) is 23.4. The van der Waals surface area contributed by atoms with Crippen molar-refractivity contribution in [1.29, 1.82) is 0 Å². The Morgan fingerprint density at radius 3 is 2.49 bits per heavy atom. The number of hydrogen-bond donors (Lipinski definition) is 0. The van der Waals surface area contributed by atoms with Crippen molar-refractivity contribution in [2.75, 3.05) is 19.8 Å². The fraction of sp³-hybridized carbons (Fsp3) is 0.500. The zero-order valence-electron chi connectivity index (χ0n) is 23.4. The molecule has 0 bridgehead atoms. The van der Waals surface area contributed by atoms with Gasteiger partial charge >= 0.3 is 6.36 Å². The van der Waals surface area contributed by atoms with Crippen LogP contribution in [0, 0.1) is 17.3 Å². The Hall–Kier alpha value is -3.60. The molecule has 222 valence electrons. The predicted molar refractivity (Wildman–Crippen MR) is 147 cm³/mol. The number of halogens is 3.